The molecule has 0 unspecified atom stereocenters. The average molecular weight is 283 g/mol. The Labute approximate surface area is 116 Å². The van der Waals surface area contributed by atoms with Crippen LogP contribution < -0.4 is 0 Å². The molecule has 0 spiro atoms. The maximum absolute atomic E-state index is 5.94. The van der Waals surface area contributed by atoms with Crippen LogP contribution in [-0.4, -0.2) is 5.75 Å². The molecule has 0 fully saturated rings. The summed E-state index contributed by atoms with van der Waals surface area (Å²) < 4.78 is 0. The van der Waals surface area contributed by atoms with E-state index in [0.717, 1.165) is 22.2 Å². The Bertz CT molecular complexity index is 452. The fourth-order valence-corrected chi connectivity index (χ4v) is 2.96. The van der Waals surface area contributed by atoms with E-state index in [2.05, 4.69) is 12.1 Å². The van der Waals surface area contributed by atoms with Crippen molar-refractivity contribution in [1.82, 2.24) is 0 Å². The highest BCUT2D eigenvalue weighted by Gasteiger charge is 1.97. The van der Waals surface area contributed by atoms with Crippen molar-refractivity contribution in [3.05, 3.63) is 64.1 Å². The van der Waals surface area contributed by atoms with Gasteiger partial charge in [-0.2, -0.15) is 0 Å². The first-order chi connectivity index (χ1) is 8.24. The van der Waals surface area contributed by atoms with E-state index in [1.807, 2.05) is 48.2 Å². The van der Waals surface area contributed by atoms with E-state index in [1.54, 1.807) is 0 Å². The first kappa shape index (κ1) is 12.8. The highest BCUT2D eigenvalue weighted by Crippen LogP contribution is 2.22. The van der Waals surface area contributed by atoms with Crippen LogP contribution in [0, 0.1) is 0 Å². The minimum atomic E-state index is 0.790. The van der Waals surface area contributed by atoms with Gasteiger partial charge in [0.1, 0.15) is 0 Å². The second-order valence-corrected chi connectivity index (χ2v) is 5.73. The Morgan fingerprint density at radius 3 is 2.29 bits per heavy atom. The number of hydrogen-bond donors (Lipinski definition) is 0. The number of aryl methyl sites for hydroxylation is 1. The van der Waals surface area contributed by atoms with Crippen molar-refractivity contribution in [3.63, 3.8) is 0 Å². The van der Waals surface area contributed by atoms with Crippen LogP contribution in [0.4, 0.5) is 0 Å². The number of halogens is 2. The van der Waals surface area contributed by atoms with Crippen molar-refractivity contribution in [2.75, 3.05) is 5.75 Å². The second kappa shape index (κ2) is 6.34. The minimum absolute atomic E-state index is 0.790. The third kappa shape index (κ3) is 4.27. The Morgan fingerprint density at radius 2 is 1.59 bits per heavy atom. The molecule has 0 atom stereocenters. The normalized spacial score (nSPS) is 10.5. The van der Waals surface area contributed by atoms with Gasteiger partial charge in [0.05, 0.1) is 0 Å². The zero-order chi connectivity index (χ0) is 12.1. The third-order valence-electron chi connectivity index (χ3n) is 2.34. The van der Waals surface area contributed by atoms with Crippen LogP contribution in [0.3, 0.4) is 0 Å². The summed E-state index contributed by atoms with van der Waals surface area (Å²) >= 11 is 13.7. The SMILES string of the molecule is Clc1cccc(CCSc2cccc(Cl)c2)c1. The molecule has 0 N–H and O–H groups in total. The molecule has 3 heteroatoms. The van der Waals surface area contributed by atoms with Crippen molar-refractivity contribution >= 4 is 35.0 Å². The van der Waals surface area contributed by atoms with Crippen LogP contribution >= 0.6 is 35.0 Å². The lowest BCUT2D eigenvalue weighted by atomic mass is 10.2. The van der Waals surface area contributed by atoms with Crippen molar-refractivity contribution < 1.29 is 0 Å². The van der Waals surface area contributed by atoms with E-state index in [0.29, 0.717) is 0 Å². The van der Waals surface area contributed by atoms with Gasteiger partial charge < -0.3 is 0 Å². The lowest BCUT2D eigenvalue weighted by molar-refractivity contribution is 1.15. The van der Waals surface area contributed by atoms with Crippen LogP contribution in [0.25, 0.3) is 0 Å². The predicted octanol–water partition coefficient (Wildman–Crippen LogP) is 5.33. The fraction of sp³-hybridized carbons (Fsp3) is 0.143. The van der Waals surface area contributed by atoms with Gasteiger partial charge in [-0.25, -0.2) is 0 Å². The maximum atomic E-state index is 5.94. The number of thioether (sulfide) groups is 1. The summed E-state index contributed by atoms with van der Waals surface area (Å²) in [4.78, 5) is 1.21. The zero-order valence-electron chi connectivity index (χ0n) is 9.20. The summed E-state index contributed by atoms with van der Waals surface area (Å²) in [5.41, 5.74) is 1.27. The number of hydrogen-bond acceptors (Lipinski definition) is 1. The minimum Gasteiger partial charge on any atom is -0.126 e. The van der Waals surface area contributed by atoms with E-state index in [-0.39, 0.29) is 0 Å². The average Bonchev–Trinajstić information content (AvgIpc) is 2.29. The van der Waals surface area contributed by atoms with Crippen molar-refractivity contribution in [2.45, 2.75) is 11.3 Å². The molecule has 2 rings (SSSR count). The van der Waals surface area contributed by atoms with Gasteiger partial charge in [-0.1, -0.05) is 41.4 Å². The highest BCUT2D eigenvalue weighted by molar-refractivity contribution is 7.99. The molecule has 88 valence electrons. The van der Waals surface area contributed by atoms with Gasteiger partial charge in [0, 0.05) is 20.7 Å². The lowest BCUT2D eigenvalue weighted by Crippen LogP contribution is -1.88. The molecule has 0 saturated carbocycles. The second-order valence-electron chi connectivity index (χ2n) is 3.69. The van der Waals surface area contributed by atoms with E-state index < -0.39 is 0 Å². The van der Waals surface area contributed by atoms with Crippen molar-refractivity contribution in [2.24, 2.45) is 0 Å². The fourth-order valence-electron chi connectivity index (χ4n) is 1.54. The van der Waals surface area contributed by atoms with Gasteiger partial charge >= 0.3 is 0 Å². The largest absolute Gasteiger partial charge is 0.126 e. The van der Waals surface area contributed by atoms with Crippen LogP contribution in [0.5, 0.6) is 0 Å². The summed E-state index contributed by atoms with van der Waals surface area (Å²) in [5.74, 6) is 1.03. The molecule has 0 aromatic heterocycles. The molecule has 0 aliphatic heterocycles. The lowest BCUT2D eigenvalue weighted by Gasteiger charge is -2.03. The van der Waals surface area contributed by atoms with E-state index in [9.17, 15) is 0 Å². The van der Waals surface area contributed by atoms with E-state index >= 15 is 0 Å². The summed E-state index contributed by atoms with van der Waals surface area (Å²) in [6, 6.07) is 15.9. The number of benzene rings is 2. The molecule has 0 saturated heterocycles. The van der Waals surface area contributed by atoms with Crippen LogP contribution in [0.2, 0.25) is 10.0 Å². The Morgan fingerprint density at radius 1 is 0.882 bits per heavy atom. The zero-order valence-corrected chi connectivity index (χ0v) is 11.5. The summed E-state index contributed by atoms with van der Waals surface area (Å²) in [7, 11) is 0. The summed E-state index contributed by atoms with van der Waals surface area (Å²) in [6.45, 7) is 0. The monoisotopic (exact) mass is 282 g/mol. The molecule has 17 heavy (non-hydrogen) atoms. The third-order valence-corrected chi connectivity index (χ3v) is 3.81. The van der Waals surface area contributed by atoms with E-state index in [1.165, 1.54) is 10.5 Å². The topological polar surface area (TPSA) is 0 Å². The first-order valence-corrected chi connectivity index (χ1v) is 7.11. The van der Waals surface area contributed by atoms with Crippen LogP contribution in [-0.2, 0) is 6.42 Å². The molecular formula is C14H12Cl2S. The van der Waals surface area contributed by atoms with Gasteiger partial charge in [0.25, 0.3) is 0 Å². The summed E-state index contributed by atoms with van der Waals surface area (Å²) in [5, 5.41) is 1.59. The molecular weight excluding hydrogens is 271 g/mol. The quantitative estimate of drug-likeness (QED) is 0.683. The molecule has 0 bridgehead atoms. The summed E-state index contributed by atoms with van der Waals surface area (Å²) in [6.07, 6.45) is 1.01. The molecule has 0 radical (unpaired) electrons. The van der Waals surface area contributed by atoms with Gasteiger partial charge in [-0.05, 0) is 42.3 Å². The van der Waals surface area contributed by atoms with Crippen LogP contribution in [0.1, 0.15) is 5.56 Å². The van der Waals surface area contributed by atoms with Crippen LogP contribution in [0.15, 0.2) is 53.4 Å². The van der Waals surface area contributed by atoms with Gasteiger partial charge in [-0.3, -0.25) is 0 Å². The molecule has 0 amide bonds. The molecule has 2 aromatic rings. The van der Waals surface area contributed by atoms with Crippen molar-refractivity contribution in [3.8, 4) is 0 Å². The van der Waals surface area contributed by atoms with Crippen molar-refractivity contribution in [1.29, 1.82) is 0 Å². The molecule has 0 heterocycles. The first-order valence-electron chi connectivity index (χ1n) is 5.37. The Balaban J connectivity index is 1.87. The molecule has 0 aliphatic carbocycles. The Kier molecular flexibility index (Phi) is 4.78. The predicted molar refractivity (Wildman–Crippen MR) is 77.3 cm³/mol. The smallest absolute Gasteiger partial charge is 0.0417 e. The van der Waals surface area contributed by atoms with Gasteiger partial charge in [0.15, 0.2) is 0 Å². The molecule has 2 aromatic carbocycles. The standard InChI is InChI=1S/C14H12Cl2S/c15-12-4-1-3-11(9-12)7-8-17-14-6-2-5-13(16)10-14/h1-6,9-10H,7-8H2. The molecule has 0 nitrogen and oxygen atoms in total. The van der Waals surface area contributed by atoms with Gasteiger partial charge in [0.2, 0.25) is 0 Å². The molecule has 0 aliphatic rings. The van der Waals surface area contributed by atoms with Gasteiger partial charge in [-0.15, -0.1) is 11.8 Å². The highest BCUT2D eigenvalue weighted by atomic mass is 35.5. The number of rotatable bonds is 4. The Hall–Kier alpha value is -0.630. The van der Waals surface area contributed by atoms with E-state index in [4.69, 9.17) is 23.2 Å². The maximum Gasteiger partial charge on any atom is 0.0417 e.